The highest BCUT2D eigenvalue weighted by Crippen LogP contribution is 2.35. The molecule has 0 saturated heterocycles. The van der Waals surface area contributed by atoms with Gasteiger partial charge in [0.2, 0.25) is 5.78 Å². The fraction of sp³-hybridized carbons (Fsp3) is 0.350. The van der Waals surface area contributed by atoms with Gasteiger partial charge in [-0.2, -0.15) is 0 Å². The third-order valence-corrected chi connectivity index (χ3v) is 5.18. The Morgan fingerprint density at radius 1 is 1.20 bits per heavy atom. The minimum atomic E-state index is -0.296. The number of ketones is 2. The normalized spacial score (nSPS) is 19.4. The number of rotatable bonds is 3. The van der Waals surface area contributed by atoms with Gasteiger partial charge in [0, 0.05) is 18.3 Å². The first-order valence-corrected chi connectivity index (χ1v) is 8.61. The number of hydrogen-bond donors (Lipinski definition) is 1. The molecule has 4 rings (SSSR count). The number of nitrogens with one attached hydrogen (secondary N) is 1. The van der Waals surface area contributed by atoms with Gasteiger partial charge >= 0.3 is 0 Å². The third-order valence-electron chi connectivity index (χ3n) is 5.18. The molecule has 0 spiro atoms. The Morgan fingerprint density at radius 3 is 2.60 bits per heavy atom. The monoisotopic (exact) mass is 336 g/mol. The van der Waals surface area contributed by atoms with Crippen LogP contribution in [0.3, 0.4) is 0 Å². The van der Waals surface area contributed by atoms with E-state index in [9.17, 15) is 14.4 Å². The number of allylic oxidation sites excluding steroid dienone is 4. The minimum Gasteiger partial charge on any atom is -0.352 e. The SMILES string of the molecule is C=C1C=C(C)C2=C(N1)C(=O)c1c(c(C)cc(=O)n1CCC1CC1)C2=O. The highest BCUT2D eigenvalue weighted by molar-refractivity contribution is 6.28. The molecule has 1 aromatic heterocycles. The quantitative estimate of drug-likeness (QED) is 0.921. The van der Waals surface area contributed by atoms with E-state index in [-0.39, 0.29) is 28.5 Å². The average molecular weight is 336 g/mol. The Balaban J connectivity index is 1.91. The lowest BCUT2D eigenvalue weighted by Crippen LogP contribution is -2.38. The predicted molar refractivity (Wildman–Crippen MR) is 94.5 cm³/mol. The molecule has 1 aliphatic heterocycles. The van der Waals surface area contributed by atoms with Gasteiger partial charge in [0.1, 0.15) is 11.4 Å². The van der Waals surface area contributed by atoms with E-state index in [1.807, 2.05) is 0 Å². The molecule has 0 bridgehead atoms. The van der Waals surface area contributed by atoms with Crippen molar-refractivity contribution in [3.05, 3.63) is 68.4 Å². The molecule has 0 unspecified atom stereocenters. The van der Waals surface area contributed by atoms with Gasteiger partial charge in [-0.3, -0.25) is 14.4 Å². The Morgan fingerprint density at radius 2 is 1.92 bits per heavy atom. The summed E-state index contributed by atoms with van der Waals surface area (Å²) in [6, 6.07) is 1.47. The van der Waals surface area contributed by atoms with Crippen LogP contribution in [-0.2, 0) is 6.54 Å². The number of fused-ring (bicyclic) bond motifs is 1. The molecule has 2 aliphatic carbocycles. The standard InChI is InChI=1S/C20H20N2O3/c1-10-8-12(3)21-17-15(10)19(24)16-11(2)9-14(23)22(18(16)20(17)25)7-6-13-4-5-13/h8-9,13,21H,3-7H2,1-2H3. The van der Waals surface area contributed by atoms with Crippen molar-refractivity contribution in [2.75, 3.05) is 0 Å². The summed E-state index contributed by atoms with van der Waals surface area (Å²) in [5.74, 6) is 0.136. The molecule has 1 N–H and O–H groups in total. The topological polar surface area (TPSA) is 68.2 Å². The second kappa shape index (κ2) is 5.41. The zero-order valence-electron chi connectivity index (χ0n) is 14.4. The van der Waals surface area contributed by atoms with E-state index in [0.29, 0.717) is 34.9 Å². The van der Waals surface area contributed by atoms with E-state index in [1.165, 1.54) is 23.5 Å². The van der Waals surface area contributed by atoms with Crippen LogP contribution in [0, 0.1) is 12.8 Å². The molecular formula is C20H20N2O3. The Bertz CT molecular complexity index is 971. The van der Waals surface area contributed by atoms with Crippen LogP contribution in [0.15, 0.2) is 46.1 Å². The zero-order valence-corrected chi connectivity index (χ0v) is 14.4. The Kier molecular flexibility index (Phi) is 3.42. The molecule has 2 heterocycles. The number of Topliss-reactive ketones (excluding diaryl/α,β-unsaturated/α-hetero) is 2. The van der Waals surface area contributed by atoms with Crippen molar-refractivity contribution in [3.63, 3.8) is 0 Å². The predicted octanol–water partition coefficient (Wildman–Crippen LogP) is 2.65. The summed E-state index contributed by atoms with van der Waals surface area (Å²) in [5.41, 5.74) is 2.85. The van der Waals surface area contributed by atoms with E-state index >= 15 is 0 Å². The highest BCUT2D eigenvalue weighted by Gasteiger charge is 2.38. The first kappa shape index (κ1) is 15.8. The molecule has 128 valence electrons. The maximum absolute atomic E-state index is 13.2. The summed E-state index contributed by atoms with van der Waals surface area (Å²) in [6.45, 7) is 7.84. The summed E-state index contributed by atoms with van der Waals surface area (Å²) in [7, 11) is 0. The molecule has 3 aliphatic rings. The third kappa shape index (κ3) is 2.42. The van der Waals surface area contributed by atoms with Crippen molar-refractivity contribution >= 4 is 11.6 Å². The van der Waals surface area contributed by atoms with Gasteiger partial charge in [-0.25, -0.2) is 0 Å². The highest BCUT2D eigenvalue weighted by atomic mass is 16.1. The molecule has 5 heteroatoms. The molecule has 0 atom stereocenters. The second-order valence-electron chi connectivity index (χ2n) is 7.16. The van der Waals surface area contributed by atoms with Crippen LogP contribution in [0.5, 0.6) is 0 Å². The van der Waals surface area contributed by atoms with E-state index in [1.54, 1.807) is 19.9 Å². The van der Waals surface area contributed by atoms with Gasteiger partial charge in [0.25, 0.3) is 5.56 Å². The van der Waals surface area contributed by atoms with Gasteiger partial charge in [-0.05, 0) is 43.4 Å². The first-order valence-electron chi connectivity index (χ1n) is 8.61. The van der Waals surface area contributed by atoms with E-state index in [0.717, 1.165) is 12.0 Å². The van der Waals surface area contributed by atoms with Gasteiger partial charge in [-0.1, -0.05) is 19.4 Å². The Labute approximate surface area is 145 Å². The van der Waals surface area contributed by atoms with Crippen molar-refractivity contribution in [1.82, 2.24) is 9.88 Å². The van der Waals surface area contributed by atoms with Gasteiger partial charge < -0.3 is 9.88 Å². The van der Waals surface area contributed by atoms with Crippen LogP contribution in [0.4, 0.5) is 0 Å². The molecule has 1 fully saturated rings. The Hall–Kier alpha value is -2.69. The van der Waals surface area contributed by atoms with Crippen LogP contribution in [0.2, 0.25) is 0 Å². The molecule has 0 aromatic carbocycles. The molecular weight excluding hydrogens is 316 g/mol. The molecule has 1 saturated carbocycles. The van der Waals surface area contributed by atoms with Crippen molar-refractivity contribution in [2.45, 2.75) is 39.7 Å². The number of hydrogen-bond acceptors (Lipinski definition) is 4. The van der Waals surface area contributed by atoms with Crippen molar-refractivity contribution in [2.24, 2.45) is 5.92 Å². The van der Waals surface area contributed by atoms with Crippen LogP contribution >= 0.6 is 0 Å². The zero-order chi connectivity index (χ0) is 17.9. The second-order valence-corrected chi connectivity index (χ2v) is 7.16. The van der Waals surface area contributed by atoms with E-state index in [4.69, 9.17) is 0 Å². The molecule has 5 nitrogen and oxygen atoms in total. The maximum Gasteiger partial charge on any atom is 0.251 e. The molecule has 1 aromatic rings. The van der Waals surface area contributed by atoms with Crippen molar-refractivity contribution in [3.8, 4) is 0 Å². The summed E-state index contributed by atoms with van der Waals surface area (Å²) >= 11 is 0. The lowest BCUT2D eigenvalue weighted by molar-refractivity contribution is 0.0961. The molecule has 0 radical (unpaired) electrons. The first-order chi connectivity index (χ1) is 11.9. The average Bonchev–Trinajstić information content (AvgIpc) is 3.34. The number of nitrogens with zero attached hydrogens (tertiary/aromatic N) is 1. The summed E-state index contributed by atoms with van der Waals surface area (Å²) in [5, 5.41) is 2.94. The van der Waals surface area contributed by atoms with Gasteiger partial charge in [-0.15, -0.1) is 0 Å². The lowest BCUT2D eigenvalue weighted by atomic mass is 9.83. The van der Waals surface area contributed by atoms with Crippen LogP contribution < -0.4 is 10.9 Å². The fourth-order valence-electron chi connectivity index (χ4n) is 3.73. The van der Waals surface area contributed by atoms with E-state index < -0.39 is 0 Å². The van der Waals surface area contributed by atoms with E-state index in [2.05, 4.69) is 11.9 Å². The smallest absolute Gasteiger partial charge is 0.251 e. The minimum absolute atomic E-state index is 0.198. The summed E-state index contributed by atoms with van der Waals surface area (Å²) in [4.78, 5) is 38.8. The number of aryl methyl sites for hydroxylation is 1. The maximum atomic E-state index is 13.2. The number of pyridine rings is 1. The fourth-order valence-corrected chi connectivity index (χ4v) is 3.73. The number of dihydropyridines is 1. The number of carbonyl (C=O) groups is 2. The van der Waals surface area contributed by atoms with Crippen LogP contribution in [-0.4, -0.2) is 16.1 Å². The number of carbonyl (C=O) groups excluding carboxylic acids is 2. The van der Waals surface area contributed by atoms with Crippen LogP contribution in [0.1, 0.15) is 52.6 Å². The lowest BCUT2D eigenvalue weighted by Gasteiger charge is -2.28. The molecule has 25 heavy (non-hydrogen) atoms. The van der Waals surface area contributed by atoms with Crippen molar-refractivity contribution in [1.29, 1.82) is 0 Å². The van der Waals surface area contributed by atoms with Gasteiger partial charge in [0.05, 0.1) is 11.1 Å². The summed E-state index contributed by atoms with van der Waals surface area (Å²) in [6.07, 6.45) is 4.97. The largest absolute Gasteiger partial charge is 0.352 e. The number of aromatic nitrogens is 1. The summed E-state index contributed by atoms with van der Waals surface area (Å²) < 4.78 is 1.49. The molecule has 0 amide bonds. The van der Waals surface area contributed by atoms with Crippen LogP contribution in [0.25, 0.3) is 0 Å². The van der Waals surface area contributed by atoms with Gasteiger partial charge in [0.15, 0.2) is 5.78 Å². The van der Waals surface area contributed by atoms with Crippen molar-refractivity contribution < 1.29 is 9.59 Å².